The summed E-state index contributed by atoms with van der Waals surface area (Å²) in [5.74, 6) is 0. The number of aryl methyl sites for hydroxylation is 3. The van der Waals surface area contributed by atoms with E-state index in [9.17, 15) is 0 Å². The normalized spacial score (nSPS) is 10.9. The number of rotatable bonds is 7. The number of hydrogen-bond acceptors (Lipinski definition) is 2. The van der Waals surface area contributed by atoms with E-state index in [0.29, 0.717) is 0 Å². The second kappa shape index (κ2) is 6.62. The maximum atomic E-state index is 5.32. The summed E-state index contributed by atoms with van der Waals surface area (Å²) in [6.07, 6.45) is 3.12. The molecule has 0 aliphatic carbocycles. The van der Waals surface area contributed by atoms with E-state index < -0.39 is 0 Å². The lowest BCUT2D eigenvalue weighted by molar-refractivity contribution is 0.140. The van der Waals surface area contributed by atoms with Gasteiger partial charge in [-0.25, -0.2) is 0 Å². The summed E-state index contributed by atoms with van der Waals surface area (Å²) < 4.78 is 7.44. The second-order valence-corrected chi connectivity index (χ2v) is 3.61. The molecule has 1 aromatic heterocycles. The maximum Gasteiger partial charge on any atom is 0.0624 e. The summed E-state index contributed by atoms with van der Waals surface area (Å²) in [6, 6.07) is 2.21. The Balaban J connectivity index is 2.47. The molecule has 1 rings (SSSR count). The molecule has 0 aromatic carbocycles. The minimum atomic E-state index is 0.806. The Labute approximate surface area is 92.4 Å². The zero-order chi connectivity index (χ0) is 11.1. The first-order valence-corrected chi connectivity index (χ1v) is 5.95. The van der Waals surface area contributed by atoms with Gasteiger partial charge in [0.25, 0.3) is 0 Å². The van der Waals surface area contributed by atoms with Crippen LogP contribution in [0.2, 0.25) is 0 Å². The van der Waals surface area contributed by atoms with Crippen molar-refractivity contribution in [2.24, 2.45) is 0 Å². The predicted molar refractivity (Wildman–Crippen MR) is 62.1 cm³/mol. The van der Waals surface area contributed by atoms with Gasteiger partial charge in [0.2, 0.25) is 0 Å². The summed E-state index contributed by atoms with van der Waals surface area (Å²) in [4.78, 5) is 0. The van der Waals surface area contributed by atoms with Crippen LogP contribution in [0, 0.1) is 0 Å². The van der Waals surface area contributed by atoms with E-state index in [4.69, 9.17) is 4.74 Å². The minimum absolute atomic E-state index is 0.806. The molecule has 0 saturated carbocycles. The first-order chi connectivity index (χ1) is 7.31. The zero-order valence-corrected chi connectivity index (χ0v) is 10.1. The van der Waals surface area contributed by atoms with Crippen LogP contribution in [0.5, 0.6) is 0 Å². The van der Waals surface area contributed by atoms with Crippen LogP contribution in [0.15, 0.2) is 6.07 Å². The van der Waals surface area contributed by atoms with E-state index in [1.807, 2.05) is 6.92 Å². The first kappa shape index (κ1) is 12.2. The summed E-state index contributed by atoms with van der Waals surface area (Å²) in [5.41, 5.74) is 2.53. The third-order valence-electron chi connectivity index (χ3n) is 2.50. The lowest BCUT2D eigenvalue weighted by Gasteiger charge is -2.05. The molecular formula is C12H22N2O. The van der Waals surface area contributed by atoms with Gasteiger partial charge in [-0.2, -0.15) is 5.10 Å². The summed E-state index contributed by atoms with van der Waals surface area (Å²) in [6.45, 7) is 8.96. The molecule has 0 saturated heterocycles. The van der Waals surface area contributed by atoms with E-state index in [2.05, 4.69) is 29.7 Å². The molecule has 0 fully saturated rings. The Morgan fingerprint density at radius 2 is 2.07 bits per heavy atom. The molecule has 15 heavy (non-hydrogen) atoms. The third kappa shape index (κ3) is 3.67. The topological polar surface area (TPSA) is 27.1 Å². The minimum Gasteiger partial charge on any atom is -0.382 e. The molecule has 0 radical (unpaired) electrons. The molecule has 3 nitrogen and oxygen atoms in total. The quantitative estimate of drug-likeness (QED) is 0.646. The fraction of sp³-hybridized carbons (Fsp3) is 0.750. The fourth-order valence-corrected chi connectivity index (χ4v) is 1.63. The average Bonchev–Trinajstić information content (AvgIpc) is 2.67. The van der Waals surface area contributed by atoms with Crippen molar-refractivity contribution in [1.82, 2.24) is 9.78 Å². The highest BCUT2D eigenvalue weighted by molar-refractivity contribution is 5.10. The van der Waals surface area contributed by atoms with Crippen molar-refractivity contribution in [1.29, 1.82) is 0 Å². The van der Waals surface area contributed by atoms with Crippen LogP contribution >= 0.6 is 0 Å². The summed E-state index contributed by atoms with van der Waals surface area (Å²) >= 11 is 0. The molecule has 0 aliphatic heterocycles. The molecule has 0 bridgehead atoms. The van der Waals surface area contributed by atoms with Crippen molar-refractivity contribution < 1.29 is 4.74 Å². The molecule has 1 aromatic rings. The van der Waals surface area contributed by atoms with Gasteiger partial charge in [0.1, 0.15) is 0 Å². The van der Waals surface area contributed by atoms with Gasteiger partial charge in [-0.05, 0) is 32.3 Å². The highest BCUT2D eigenvalue weighted by Gasteiger charge is 2.04. The van der Waals surface area contributed by atoms with Gasteiger partial charge < -0.3 is 4.74 Å². The average molecular weight is 210 g/mol. The fourth-order valence-electron chi connectivity index (χ4n) is 1.63. The highest BCUT2D eigenvalue weighted by atomic mass is 16.5. The van der Waals surface area contributed by atoms with Crippen molar-refractivity contribution in [2.75, 3.05) is 13.2 Å². The molecule has 3 heteroatoms. The predicted octanol–water partition coefficient (Wildman–Crippen LogP) is 2.43. The largest absolute Gasteiger partial charge is 0.382 e. The molecule has 0 N–H and O–H groups in total. The number of nitrogens with zero attached hydrogens (tertiary/aromatic N) is 2. The molecule has 0 spiro atoms. The highest BCUT2D eigenvalue weighted by Crippen LogP contribution is 2.07. The van der Waals surface area contributed by atoms with E-state index in [-0.39, 0.29) is 0 Å². The molecule has 0 amide bonds. The lowest BCUT2D eigenvalue weighted by Crippen LogP contribution is -2.07. The third-order valence-corrected chi connectivity index (χ3v) is 2.50. The molecule has 86 valence electrons. The van der Waals surface area contributed by atoms with E-state index >= 15 is 0 Å². The Morgan fingerprint density at radius 3 is 2.67 bits per heavy atom. The molecule has 0 unspecified atom stereocenters. The van der Waals surface area contributed by atoms with Crippen molar-refractivity contribution in [3.63, 3.8) is 0 Å². The van der Waals surface area contributed by atoms with Crippen molar-refractivity contribution in [3.05, 3.63) is 17.5 Å². The van der Waals surface area contributed by atoms with Crippen LogP contribution in [-0.4, -0.2) is 23.0 Å². The SMILES string of the molecule is CCOCCCn1nc(CC)cc1CC. The Bertz CT molecular complexity index is 281. The van der Waals surface area contributed by atoms with Crippen molar-refractivity contribution >= 4 is 0 Å². The molecular weight excluding hydrogens is 188 g/mol. The van der Waals surface area contributed by atoms with E-state index in [0.717, 1.165) is 39.0 Å². The smallest absolute Gasteiger partial charge is 0.0624 e. The van der Waals surface area contributed by atoms with Crippen LogP contribution in [0.3, 0.4) is 0 Å². The van der Waals surface area contributed by atoms with Crippen LogP contribution in [0.1, 0.15) is 38.6 Å². The van der Waals surface area contributed by atoms with Crippen LogP contribution in [0.4, 0.5) is 0 Å². The second-order valence-electron chi connectivity index (χ2n) is 3.61. The van der Waals surface area contributed by atoms with Crippen molar-refractivity contribution in [2.45, 2.75) is 46.6 Å². The molecule has 0 atom stereocenters. The maximum absolute atomic E-state index is 5.32. The number of hydrogen-bond donors (Lipinski definition) is 0. The summed E-state index contributed by atoms with van der Waals surface area (Å²) in [5, 5.41) is 4.56. The van der Waals surface area contributed by atoms with E-state index in [1.54, 1.807) is 0 Å². The first-order valence-electron chi connectivity index (χ1n) is 5.95. The lowest BCUT2D eigenvalue weighted by atomic mass is 10.2. The Kier molecular flexibility index (Phi) is 5.40. The molecule has 1 heterocycles. The van der Waals surface area contributed by atoms with Gasteiger partial charge in [-0.15, -0.1) is 0 Å². The molecule has 0 aliphatic rings. The number of aromatic nitrogens is 2. The van der Waals surface area contributed by atoms with Crippen LogP contribution in [-0.2, 0) is 24.1 Å². The summed E-state index contributed by atoms with van der Waals surface area (Å²) in [7, 11) is 0. The van der Waals surface area contributed by atoms with Crippen LogP contribution < -0.4 is 0 Å². The Hall–Kier alpha value is -0.830. The van der Waals surface area contributed by atoms with Crippen molar-refractivity contribution in [3.8, 4) is 0 Å². The van der Waals surface area contributed by atoms with Crippen LogP contribution in [0.25, 0.3) is 0 Å². The number of ether oxygens (including phenoxy) is 1. The van der Waals surface area contributed by atoms with Gasteiger partial charge in [0, 0.05) is 25.5 Å². The monoisotopic (exact) mass is 210 g/mol. The Morgan fingerprint density at radius 1 is 1.27 bits per heavy atom. The van der Waals surface area contributed by atoms with Gasteiger partial charge in [-0.3, -0.25) is 4.68 Å². The van der Waals surface area contributed by atoms with Gasteiger partial charge in [-0.1, -0.05) is 13.8 Å². The van der Waals surface area contributed by atoms with Gasteiger partial charge in [0.15, 0.2) is 0 Å². The zero-order valence-electron chi connectivity index (χ0n) is 10.1. The van der Waals surface area contributed by atoms with Gasteiger partial charge in [0.05, 0.1) is 5.69 Å². The standard InChI is InChI=1S/C12H22N2O/c1-4-11-10-12(5-2)14(13-11)8-7-9-15-6-3/h10H,4-9H2,1-3H3. The van der Waals surface area contributed by atoms with Gasteiger partial charge >= 0.3 is 0 Å². The van der Waals surface area contributed by atoms with E-state index in [1.165, 1.54) is 11.4 Å².